The van der Waals surface area contributed by atoms with Crippen LogP contribution in [0, 0.1) is 0 Å². The van der Waals surface area contributed by atoms with Crippen LogP contribution in [0.3, 0.4) is 0 Å². The Morgan fingerprint density at radius 2 is 1.97 bits per heavy atom. The number of nitrogens with one attached hydrogen (secondary N) is 1. The van der Waals surface area contributed by atoms with Crippen LogP contribution in [0.5, 0.6) is 17.2 Å². The van der Waals surface area contributed by atoms with Gasteiger partial charge in [-0.2, -0.15) is 10.2 Å². The van der Waals surface area contributed by atoms with Crippen LogP contribution in [0.15, 0.2) is 21.8 Å². The van der Waals surface area contributed by atoms with Crippen LogP contribution >= 0.6 is 0 Å². The molecule has 0 heterocycles. The van der Waals surface area contributed by atoms with Gasteiger partial charge in [0, 0.05) is 12.0 Å². The first-order valence-corrected chi connectivity index (χ1v) is 10.5. The molecule has 9 heteroatoms. The molecule has 0 saturated carbocycles. The summed E-state index contributed by atoms with van der Waals surface area (Å²) in [6.07, 6.45) is 7.18. The molecule has 0 unspecified atom stereocenters. The number of carboxylic acids is 1. The van der Waals surface area contributed by atoms with Gasteiger partial charge in [-0.05, 0) is 67.7 Å². The van der Waals surface area contributed by atoms with Crippen molar-refractivity contribution < 1.29 is 24.1 Å². The van der Waals surface area contributed by atoms with E-state index in [-0.39, 0.29) is 6.42 Å². The Morgan fingerprint density at radius 3 is 2.68 bits per heavy atom. The summed E-state index contributed by atoms with van der Waals surface area (Å²) < 4.78 is 17.5. The number of carboxylic acid groups (broad SMARTS) is 1. The lowest BCUT2D eigenvalue weighted by Gasteiger charge is -2.21. The summed E-state index contributed by atoms with van der Waals surface area (Å²) in [4.78, 5) is 10.7. The largest absolute Gasteiger partial charge is 0.493 e. The summed E-state index contributed by atoms with van der Waals surface area (Å²) in [5, 5.41) is 16.7. The van der Waals surface area contributed by atoms with Gasteiger partial charge in [-0.1, -0.05) is 0 Å². The third-order valence-electron chi connectivity index (χ3n) is 5.57. The van der Waals surface area contributed by atoms with E-state index in [1.165, 1.54) is 17.5 Å². The SMILES string of the molecule is COc1cc2c(c(OC)c1OCCCCC(=O)O)C1=C(CCC1)C(=NNC=NN)CC2. The van der Waals surface area contributed by atoms with Crippen LogP contribution in [-0.2, 0) is 11.2 Å². The third kappa shape index (κ3) is 5.10. The summed E-state index contributed by atoms with van der Waals surface area (Å²) in [6, 6.07) is 2.02. The smallest absolute Gasteiger partial charge is 0.303 e. The number of aliphatic carboxylic acids is 1. The van der Waals surface area contributed by atoms with Crippen molar-refractivity contribution in [3.05, 3.63) is 22.8 Å². The van der Waals surface area contributed by atoms with Gasteiger partial charge in [0.15, 0.2) is 11.5 Å². The highest BCUT2D eigenvalue weighted by Gasteiger charge is 2.31. The van der Waals surface area contributed by atoms with Gasteiger partial charge >= 0.3 is 5.97 Å². The molecular formula is C22H30N4O5. The number of nitrogens with two attached hydrogens (primary N) is 1. The van der Waals surface area contributed by atoms with E-state index in [2.05, 4.69) is 15.6 Å². The number of benzene rings is 1. The van der Waals surface area contributed by atoms with Crippen molar-refractivity contribution in [2.24, 2.45) is 16.0 Å². The quantitative estimate of drug-likeness (QED) is 0.171. The predicted molar refractivity (Wildman–Crippen MR) is 119 cm³/mol. The number of methoxy groups -OCH3 is 2. The summed E-state index contributed by atoms with van der Waals surface area (Å²) in [7, 11) is 3.25. The first kappa shape index (κ1) is 22.5. The van der Waals surface area contributed by atoms with Crippen molar-refractivity contribution >= 4 is 23.6 Å². The third-order valence-corrected chi connectivity index (χ3v) is 5.57. The number of carbonyl (C=O) groups is 1. The van der Waals surface area contributed by atoms with Gasteiger partial charge in [0.2, 0.25) is 5.75 Å². The highest BCUT2D eigenvalue weighted by atomic mass is 16.5. The molecule has 2 aliphatic rings. The van der Waals surface area contributed by atoms with Crippen LogP contribution in [0.1, 0.15) is 56.1 Å². The molecule has 31 heavy (non-hydrogen) atoms. The molecule has 0 amide bonds. The summed E-state index contributed by atoms with van der Waals surface area (Å²) in [6.45, 7) is 0.389. The van der Waals surface area contributed by atoms with E-state index in [4.69, 9.17) is 25.2 Å². The zero-order valence-electron chi connectivity index (χ0n) is 18.1. The van der Waals surface area contributed by atoms with Gasteiger partial charge in [0.1, 0.15) is 6.34 Å². The van der Waals surface area contributed by atoms with E-state index in [0.717, 1.165) is 48.9 Å². The van der Waals surface area contributed by atoms with Crippen LogP contribution in [0.25, 0.3) is 5.57 Å². The summed E-state index contributed by atoms with van der Waals surface area (Å²) >= 11 is 0. The minimum absolute atomic E-state index is 0.128. The van der Waals surface area contributed by atoms with Gasteiger partial charge in [0.05, 0.1) is 26.5 Å². The number of allylic oxidation sites excluding steroid dienone is 2. The standard InChI is InChI=1S/C22H30N4O5/c1-29-18-12-14-9-10-17(26-25-13-24-23)15-6-5-7-16(15)20(14)22(30-2)21(18)31-11-4-3-8-19(27)28/h12-13H,3-11,23H2,1-2H3,(H,24,25)(H,27,28). The highest BCUT2D eigenvalue weighted by molar-refractivity contribution is 6.09. The van der Waals surface area contributed by atoms with E-state index >= 15 is 0 Å². The van der Waals surface area contributed by atoms with Crippen molar-refractivity contribution in [3.8, 4) is 17.2 Å². The molecule has 0 aliphatic heterocycles. The van der Waals surface area contributed by atoms with Crippen LogP contribution in [0.4, 0.5) is 0 Å². The number of ether oxygens (including phenoxy) is 3. The van der Waals surface area contributed by atoms with Gasteiger partial charge in [-0.25, -0.2) is 0 Å². The van der Waals surface area contributed by atoms with E-state index in [9.17, 15) is 4.79 Å². The zero-order chi connectivity index (χ0) is 22.2. The molecule has 0 spiro atoms. The monoisotopic (exact) mass is 430 g/mol. The molecule has 9 nitrogen and oxygen atoms in total. The molecular weight excluding hydrogens is 400 g/mol. The molecule has 3 rings (SSSR count). The lowest BCUT2D eigenvalue weighted by Crippen LogP contribution is -2.11. The maximum absolute atomic E-state index is 10.7. The zero-order valence-corrected chi connectivity index (χ0v) is 18.1. The van der Waals surface area contributed by atoms with Crippen molar-refractivity contribution in [1.82, 2.24) is 5.43 Å². The number of hydrogen-bond donors (Lipinski definition) is 3. The molecule has 0 aromatic heterocycles. The predicted octanol–water partition coefficient (Wildman–Crippen LogP) is 3.07. The molecule has 0 radical (unpaired) electrons. The minimum Gasteiger partial charge on any atom is -0.493 e. The summed E-state index contributed by atoms with van der Waals surface area (Å²) in [5.41, 5.74) is 8.46. The minimum atomic E-state index is -0.800. The average Bonchev–Trinajstić information content (AvgIpc) is 3.19. The molecule has 0 atom stereocenters. The van der Waals surface area contributed by atoms with Gasteiger partial charge < -0.3 is 25.2 Å². The fourth-order valence-corrected chi connectivity index (χ4v) is 4.24. The van der Waals surface area contributed by atoms with E-state index in [1.807, 2.05) is 6.07 Å². The fraction of sp³-hybridized carbons (Fsp3) is 0.500. The van der Waals surface area contributed by atoms with Crippen molar-refractivity contribution in [1.29, 1.82) is 0 Å². The van der Waals surface area contributed by atoms with Crippen molar-refractivity contribution in [2.45, 2.75) is 51.4 Å². The van der Waals surface area contributed by atoms with Crippen LogP contribution < -0.4 is 25.5 Å². The lowest BCUT2D eigenvalue weighted by molar-refractivity contribution is -0.137. The van der Waals surface area contributed by atoms with Crippen molar-refractivity contribution in [2.75, 3.05) is 20.8 Å². The molecule has 0 bridgehead atoms. The Balaban J connectivity index is 1.97. The molecule has 0 fully saturated rings. The normalized spacial score (nSPS) is 16.8. The number of hydrogen-bond acceptors (Lipinski definition) is 7. The number of nitrogens with zero attached hydrogens (tertiary/aromatic N) is 2. The Morgan fingerprint density at radius 1 is 1.16 bits per heavy atom. The van der Waals surface area contributed by atoms with Crippen molar-refractivity contribution in [3.63, 3.8) is 0 Å². The Hall–Kier alpha value is -3.23. The van der Waals surface area contributed by atoms with Gasteiger partial charge in [-0.15, -0.1) is 0 Å². The maximum atomic E-state index is 10.7. The van der Waals surface area contributed by atoms with E-state index < -0.39 is 5.97 Å². The molecule has 168 valence electrons. The Bertz CT molecular complexity index is 908. The second-order valence-corrected chi connectivity index (χ2v) is 7.45. The van der Waals surface area contributed by atoms with Gasteiger partial charge in [-0.3, -0.25) is 10.2 Å². The molecule has 0 saturated heterocycles. The number of rotatable bonds is 10. The topological polar surface area (TPSA) is 128 Å². The Kier molecular flexibility index (Phi) is 7.75. The van der Waals surface area contributed by atoms with Crippen LogP contribution in [-0.4, -0.2) is 44.0 Å². The average molecular weight is 431 g/mol. The molecule has 2 aliphatic carbocycles. The molecule has 1 aromatic rings. The van der Waals surface area contributed by atoms with E-state index in [1.54, 1.807) is 14.2 Å². The first-order valence-electron chi connectivity index (χ1n) is 10.5. The number of fused-ring (bicyclic) bond motifs is 2. The highest BCUT2D eigenvalue weighted by Crippen LogP contribution is 2.50. The summed E-state index contributed by atoms with van der Waals surface area (Å²) in [5.74, 6) is 6.20. The molecule has 4 N–H and O–H groups in total. The second-order valence-electron chi connectivity index (χ2n) is 7.45. The molecule has 1 aromatic carbocycles. The second kappa shape index (κ2) is 10.7. The number of hydrazone groups is 2. The lowest BCUT2D eigenvalue weighted by atomic mass is 9.95. The fourth-order valence-electron chi connectivity index (χ4n) is 4.24. The van der Waals surface area contributed by atoms with Crippen LogP contribution in [0.2, 0.25) is 0 Å². The number of unbranched alkanes of at least 4 members (excludes halogenated alkanes) is 1. The Labute approximate surface area is 181 Å². The number of aryl methyl sites for hydroxylation is 1. The van der Waals surface area contributed by atoms with E-state index in [0.29, 0.717) is 36.7 Å². The van der Waals surface area contributed by atoms with Gasteiger partial charge in [0.25, 0.3) is 0 Å². The first-order chi connectivity index (χ1) is 15.1. The maximum Gasteiger partial charge on any atom is 0.303 e.